The van der Waals surface area contributed by atoms with Crippen molar-refractivity contribution >= 4 is 17.7 Å². The lowest BCUT2D eigenvalue weighted by molar-refractivity contribution is -0.127. The van der Waals surface area contributed by atoms with E-state index < -0.39 is 0 Å². The zero-order valence-electron chi connectivity index (χ0n) is 15.2. The monoisotopic (exact) mass is 372 g/mol. The van der Waals surface area contributed by atoms with E-state index in [1.54, 1.807) is 12.0 Å². The van der Waals surface area contributed by atoms with Crippen LogP contribution in [0.4, 0.5) is 0 Å². The smallest absolute Gasteiger partial charge is 0.233 e. The summed E-state index contributed by atoms with van der Waals surface area (Å²) in [6.07, 6.45) is 4.18. The summed E-state index contributed by atoms with van der Waals surface area (Å²) in [7, 11) is 3.45. The quantitative estimate of drug-likeness (QED) is 0.500. The maximum Gasteiger partial charge on any atom is 0.233 e. The number of carbonyl (C=O) groups excluding carboxylic acids is 1. The van der Waals surface area contributed by atoms with Crippen molar-refractivity contribution in [3.8, 4) is 5.75 Å². The number of hydrogen-bond donors (Lipinski definition) is 0. The molecule has 1 aliphatic rings. The molecule has 1 aromatic heterocycles. The highest BCUT2D eigenvalue weighted by atomic mass is 32.2. The fourth-order valence-electron chi connectivity index (χ4n) is 2.72. The zero-order valence-corrected chi connectivity index (χ0v) is 16.0. The van der Waals surface area contributed by atoms with Gasteiger partial charge in [0.1, 0.15) is 11.6 Å². The normalized spacial score (nSPS) is 13.5. The molecule has 0 unspecified atom stereocenters. The molecule has 1 heterocycles. The van der Waals surface area contributed by atoms with E-state index in [0.29, 0.717) is 24.8 Å². The summed E-state index contributed by atoms with van der Waals surface area (Å²) in [5.41, 5.74) is 1.04. The summed E-state index contributed by atoms with van der Waals surface area (Å²) in [6.45, 7) is 5.03. The molecule has 0 N–H and O–H groups in total. The molecule has 26 heavy (non-hydrogen) atoms. The molecule has 3 rings (SSSR count). The van der Waals surface area contributed by atoms with Gasteiger partial charge in [-0.2, -0.15) is 0 Å². The predicted octanol–water partition coefficient (Wildman–Crippen LogP) is 3.10. The van der Waals surface area contributed by atoms with Crippen LogP contribution in [0, 0.1) is 0 Å². The number of nitrogens with zero attached hydrogens (tertiary/aromatic N) is 4. The minimum atomic E-state index is 0.0546. The predicted molar refractivity (Wildman–Crippen MR) is 102 cm³/mol. The molecular formula is C19H24N4O2S. The first-order valence-corrected chi connectivity index (χ1v) is 9.64. The highest BCUT2D eigenvalue weighted by Gasteiger charge is 2.30. The largest absolute Gasteiger partial charge is 0.497 e. The fraction of sp³-hybridized carbons (Fsp3) is 0.421. The topological polar surface area (TPSA) is 60.2 Å². The van der Waals surface area contributed by atoms with Gasteiger partial charge in [0.25, 0.3) is 0 Å². The van der Waals surface area contributed by atoms with E-state index in [9.17, 15) is 4.79 Å². The van der Waals surface area contributed by atoms with Gasteiger partial charge in [-0.1, -0.05) is 30.0 Å². The van der Waals surface area contributed by atoms with Crippen LogP contribution in [0.5, 0.6) is 5.75 Å². The van der Waals surface area contributed by atoms with Crippen LogP contribution in [-0.4, -0.2) is 45.5 Å². The van der Waals surface area contributed by atoms with E-state index in [0.717, 1.165) is 22.3 Å². The Kier molecular flexibility index (Phi) is 5.98. The Morgan fingerprint density at radius 1 is 1.46 bits per heavy atom. The van der Waals surface area contributed by atoms with E-state index >= 15 is 0 Å². The van der Waals surface area contributed by atoms with Gasteiger partial charge in [0, 0.05) is 26.1 Å². The number of thioether (sulfide) groups is 1. The van der Waals surface area contributed by atoms with Crippen LogP contribution in [0.25, 0.3) is 0 Å². The highest BCUT2D eigenvalue weighted by Crippen LogP contribution is 2.40. The van der Waals surface area contributed by atoms with Gasteiger partial charge in [0.05, 0.1) is 12.9 Å². The number of allylic oxidation sites excluding steroid dienone is 1. The van der Waals surface area contributed by atoms with Crippen LogP contribution in [0.3, 0.4) is 0 Å². The third-order valence-corrected chi connectivity index (χ3v) is 5.26. The van der Waals surface area contributed by atoms with Crippen LogP contribution in [0.2, 0.25) is 0 Å². The Morgan fingerprint density at radius 3 is 2.96 bits per heavy atom. The number of amides is 1. The SMILES string of the molecule is C=CCn1c(SCC(=O)N(C)Cc2cccc(OC)c2)nnc1C1CC1. The van der Waals surface area contributed by atoms with Crippen molar-refractivity contribution in [1.29, 1.82) is 0 Å². The lowest BCUT2D eigenvalue weighted by Gasteiger charge is -2.17. The van der Waals surface area contributed by atoms with E-state index in [-0.39, 0.29) is 5.91 Å². The van der Waals surface area contributed by atoms with Crippen molar-refractivity contribution in [3.63, 3.8) is 0 Å². The molecule has 0 aliphatic heterocycles. The first-order valence-electron chi connectivity index (χ1n) is 8.66. The first-order chi connectivity index (χ1) is 12.6. The summed E-state index contributed by atoms with van der Waals surface area (Å²) in [5, 5.41) is 9.37. The molecule has 138 valence electrons. The summed E-state index contributed by atoms with van der Waals surface area (Å²) in [5.74, 6) is 2.72. The molecule has 7 heteroatoms. The molecule has 0 saturated heterocycles. The Bertz CT molecular complexity index is 786. The Morgan fingerprint density at radius 2 is 2.27 bits per heavy atom. The van der Waals surface area contributed by atoms with Crippen molar-refractivity contribution in [2.24, 2.45) is 0 Å². The summed E-state index contributed by atoms with van der Waals surface area (Å²) >= 11 is 1.43. The number of methoxy groups -OCH3 is 1. The second-order valence-electron chi connectivity index (χ2n) is 6.40. The van der Waals surface area contributed by atoms with Crippen molar-refractivity contribution in [3.05, 3.63) is 48.3 Å². The molecular weight excluding hydrogens is 348 g/mol. The minimum Gasteiger partial charge on any atom is -0.497 e. The maximum atomic E-state index is 12.5. The van der Waals surface area contributed by atoms with Gasteiger partial charge < -0.3 is 14.2 Å². The molecule has 1 aromatic carbocycles. The number of carbonyl (C=O) groups is 1. The minimum absolute atomic E-state index is 0.0546. The number of rotatable bonds is 9. The molecule has 1 amide bonds. The van der Waals surface area contributed by atoms with Crippen molar-refractivity contribution in [2.75, 3.05) is 19.9 Å². The first kappa shape index (κ1) is 18.5. The van der Waals surface area contributed by atoms with Gasteiger partial charge in [0.2, 0.25) is 5.91 Å². The molecule has 6 nitrogen and oxygen atoms in total. The second kappa shape index (κ2) is 8.40. The molecule has 1 saturated carbocycles. The van der Waals surface area contributed by atoms with Gasteiger partial charge in [0.15, 0.2) is 5.16 Å². The van der Waals surface area contributed by atoms with Gasteiger partial charge in [-0.25, -0.2) is 0 Å². The van der Waals surface area contributed by atoms with Gasteiger partial charge in [-0.3, -0.25) is 4.79 Å². The molecule has 1 aliphatic carbocycles. The standard InChI is InChI=1S/C19H24N4O2S/c1-4-10-23-18(15-8-9-15)20-21-19(23)26-13-17(24)22(2)12-14-6-5-7-16(11-14)25-3/h4-7,11,15H,1,8-10,12-13H2,2-3H3. The van der Waals surface area contributed by atoms with E-state index in [4.69, 9.17) is 4.74 Å². The highest BCUT2D eigenvalue weighted by molar-refractivity contribution is 7.99. The van der Waals surface area contributed by atoms with Crippen LogP contribution in [-0.2, 0) is 17.9 Å². The lowest BCUT2D eigenvalue weighted by Crippen LogP contribution is -2.27. The van der Waals surface area contributed by atoms with Gasteiger partial charge in [-0.05, 0) is 30.5 Å². The molecule has 2 aromatic rings. The summed E-state index contributed by atoms with van der Waals surface area (Å²) < 4.78 is 7.31. The lowest BCUT2D eigenvalue weighted by atomic mass is 10.2. The number of ether oxygens (including phenoxy) is 1. The molecule has 1 fully saturated rings. The molecule has 0 radical (unpaired) electrons. The zero-order chi connectivity index (χ0) is 18.5. The average Bonchev–Trinajstić information content (AvgIpc) is 3.42. The van der Waals surface area contributed by atoms with Crippen LogP contribution >= 0.6 is 11.8 Å². The van der Waals surface area contributed by atoms with Crippen molar-refractivity contribution in [1.82, 2.24) is 19.7 Å². The third-order valence-electron chi connectivity index (χ3n) is 4.30. The Labute approximate surface area is 158 Å². The molecule has 0 spiro atoms. The maximum absolute atomic E-state index is 12.5. The molecule has 0 bridgehead atoms. The Balaban J connectivity index is 1.58. The third kappa shape index (κ3) is 4.46. The van der Waals surface area contributed by atoms with Gasteiger partial charge >= 0.3 is 0 Å². The number of benzene rings is 1. The molecule has 0 atom stereocenters. The van der Waals surface area contributed by atoms with Crippen LogP contribution in [0.1, 0.15) is 30.1 Å². The average molecular weight is 372 g/mol. The summed E-state index contributed by atoms with van der Waals surface area (Å²) in [4.78, 5) is 14.2. The number of hydrogen-bond acceptors (Lipinski definition) is 5. The van der Waals surface area contributed by atoms with E-state index in [2.05, 4.69) is 21.3 Å². The van der Waals surface area contributed by atoms with Crippen molar-refractivity contribution in [2.45, 2.75) is 37.0 Å². The van der Waals surface area contributed by atoms with Crippen molar-refractivity contribution < 1.29 is 9.53 Å². The fourth-order valence-corrected chi connectivity index (χ4v) is 3.62. The number of aromatic nitrogens is 3. The van der Waals surface area contributed by atoms with Gasteiger partial charge in [-0.15, -0.1) is 16.8 Å². The van der Waals surface area contributed by atoms with Crippen LogP contribution in [0.15, 0.2) is 42.1 Å². The van der Waals surface area contributed by atoms with E-state index in [1.807, 2.05) is 37.4 Å². The second-order valence-corrected chi connectivity index (χ2v) is 7.35. The van der Waals surface area contributed by atoms with Crippen LogP contribution < -0.4 is 4.74 Å². The van der Waals surface area contributed by atoms with E-state index in [1.165, 1.54) is 24.6 Å². The Hall–Kier alpha value is -2.28. The summed E-state index contributed by atoms with van der Waals surface area (Å²) in [6, 6.07) is 7.76.